The molecule has 0 saturated carbocycles. The Hall–Kier alpha value is -2.88. The average Bonchev–Trinajstić information content (AvgIpc) is 3.26. The Bertz CT molecular complexity index is 1270. The molecule has 1 fully saturated rings. The van der Waals surface area contributed by atoms with E-state index in [1.54, 1.807) is 17.2 Å². The molecule has 186 valence electrons. The van der Waals surface area contributed by atoms with Gasteiger partial charge in [0, 0.05) is 55.5 Å². The van der Waals surface area contributed by atoms with Crippen molar-refractivity contribution in [3.63, 3.8) is 0 Å². The fourth-order valence-corrected chi connectivity index (χ4v) is 5.03. The summed E-state index contributed by atoms with van der Waals surface area (Å²) >= 11 is 0. The van der Waals surface area contributed by atoms with Crippen molar-refractivity contribution in [3.8, 4) is 11.1 Å². The second-order valence-electron chi connectivity index (χ2n) is 10.0. The Kier molecular flexibility index (Phi) is 5.89. The third-order valence-electron chi connectivity index (χ3n) is 6.82. The summed E-state index contributed by atoms with van der Waals surface area (Å²) in [6.07, 6.45) is 3.64. The van der Waals surface area contributed by atoms with E-state index in [-0.39, 0.29) is 17.5 Å². The highest BCUT2D eigenvalue weighted by molar-refractivity contribution is 5.86. The van der Waals surface area contributed by atoms with E-state index >= 15 is 0 Å². The SMILES string of the molecule is CC(C)(O)C(=O)N1CCc2cc(-c3cnc4[nH]cc(C(C)(F)F)c4c3)cc([C@@H]3COCCN3)c2C1. The standard InChI is InChI=1S/C26H30F2N4O3/c1-25(2,34)24(33)32-6-4-15-8-16(9-18(20(15)13-32)22-14-35-7-5-29-22)17-10-19-21(26(3,27)28)12-31-23(19)30-11-17/h8-12,22,29,34H,4-7,13-14H2,1-3H3,(H,30,31)/t22-/m0/s1. The van der Waals surface area contributed by atoms with Crippen molar-refractivity contribution in [2.24, 2.45) is 0 Å². The van der Waals surface area contributed by atoms with Crippen LogP contribution < -0.4 is 5.32 Å². The van der Waals surface area contributed by atoms with Gasteiger partial charge in [0.15, 0.2) is 0 Å². The zero-order valence-electron chi connectivity index (χ0n) is 20.1. The van der Waals surface area contributed by atoms with Crippen LogP contribution in [0.4, 0.5) is 8.78 Å². The molecule has 0 aliphatic carbocycles. The van der Waals surface area contributed by atoms with Crippen LogP contribution in [0, 0.1) is 0 Å². The topological polar surface area (TPSA) is 90.5 Å². The number of alkyl halides is 2. The third-order valence-corrected chi connectivity index (χ3v) is 6.82. The highest BCUT2D eigenvalue weighted by atomic mass is 19.3. The van der Waals surface area contributed by atoms with Crippen LogP contribution in [-0.4, -0.2) is 57.8 Å². The van der Waals surface area contributed by atoms with E-state index in [9.17, 15) is 18.7 Å². The first-order chi connectivity index (χ1) is 16.5. The minimum atomic E-state index is -2.99. The van der Waals surface area contributed by atoms with Crippen LogP contribution in [0.2, 0.25) is 0 Å². The normalized spacial score (nSPS) is 19.1. The lowest BCUT2D eigenvalue weighted by Gasteiger charge is -2.36. The minimum absolute atomic E-state index is 0.0610. The van der Waals surface area contributed by atoms with Gasteiger partial charge in [-0.3, -0.25) is 4.79 Å². The number of hydrogen-bond acceptors (Lipinski definition) is 5. The number of nitrogens with one attached hydrogen (secondary N) is 2. The number of nitrogens with zero attached hydrogens (tertiary/aromatic N) is 2. The van der Waals surface area contributed by atoms with Gasteiger partial charge in [-0.15, -0.1) is 0 Å². The molecule has 1 aromatic carbocycles. The fourth-order valence-electron chi connectivity index (χ4n) is 5.03. The van der Waals surface area contributed by atoms with E-state index in [0.717, 1.165) is 34.7 Å². The van der Waals surface area contributed by atoms with Gasteiger partial charge in [0.25, 0.3) is 11.8 Å². The lowest BCUT2D eigenvalue weighted by Crippen LogP contribution is -2.47. The van der Waals surface area contributed by atoms with Crippen molar-refractivity contribution in [1.29, 1.82) is 0 Å². The molecule has 2 aromatic heterocycles. The summed E-state index contributed by atoms with van der Waals surface area (Å²) in [6, 6.07) is 5.81. The lowest BCUT2D eigenvalue weighted by atomic mass is 9.87. The van der Waals surface area contributed by atoms with Crippen LogP contribution in [0.3, 0.4) is 0 Å². The third kappa shape index (κ3) is 4.55. The predicted octanol–water partition coefficient (Wildman–Crippen LogP) is 3.66. The minimum Gasteiger partial charge on any atom is -0.381 e. The highest BCUT2D eigenvalue weighted by Gasteiger charge is 2.34. The quantitative estimate of drug-likeness (QED) is 0.526. The number of H-pyrrole nitrogens is 1. The average molecular weight is 485 g/mol. The molecule has 0 unspecified atom stereocenters. The maximum atomic E-state index is 14.1. The molecule has 4 heterocycles. The number of hydrogen-bond donors (Lipinski definition) is 3. The summed E-state index contributed by atoms with van der Waals surface area (Å²) < 4.78 is 34.0. The van der Waals surface area contributed by atoms with Crippen molar-refractivity contribution in [2.75, 3.05) is 26.3 Å². The van der Waals surface area contributed by atoms with E-state index in [4.69, 9.17) is 4.74 Å². The Morgan fingerprint density at radius 1 is 1.23 bits per heavy atom. The van der Waals surface area contributed by atoms with Crippen LogP contribution in [0.5, 0.6) is 0 Å². The molecule has 1 saturated heterocycles. The van der Waals surface area contributed by atoms with E-state index in [2.05, 4.69) is 21.4 Å². The number of aliphatic hydroxyl groups is 1. The number of fused-ring (bicyclic) bond motifs is 2. The first kappa shape index (κ1) is 23.8. The molecule has 7 nitrogen and oxygen atoms in total. The van der Waals surface area contributed by atoms with Gasteiger partial charge in [-0.1, -0.05) is 6.07 Å². The number of morpholine rings is 1. The van der Waals surface area contributed by atoms with Gasteiger partial charge in [-0.2, -0.15) is 0 Å². The summed E-state index contributed by atoms with van der Waals surface area (Å²) in [6.45, 7) is 6.62. The Morgan fingerprint density at radius 2 is 2.03 bits per heavy atom. The molecule has 3 N–H and O–H groups in total. The fraction of sp³-hybridized carbons (Fsp3) is 0.462. The number of carbonyl (C=O) groups excluding carboxylic acids is 1. The summed E-state index contributed by atoms with van der Waals surface area (Å²) in [5.74, 6) is -3.29. The molecular formula is C26H30F2N4O3. The first-order valence-corrected chi connectivity index (χ1v) is 11.9. The Morgan fingerprint density at radius 3 is 2.71 bits per heavy atom. The number of benzene rings is 1. The van der Waals surface area contributed by atoms with Gasteiger partial charge in [-0.25, -0.2) is 13.8 Å². The van der Waals surface area contributed by atoms with Crippen molar-refractivity contribution < 1.29 is 23.4 Å². The molecule has 0 spiro atoms. The summed E-state index contributed by atoms with van der Waals surface area (Å²) in [4.78, 5) is 21.7. The predicted molar refractivity (Wildman–Crippen MR) is 128 cm³/mol. The monoisotopic (exact) mass is 484 g/mol. The van der Waals surface area contributed by atoms with Gasteiger partial charge >= 0.3 is 0 Å². The summed E-state index contributed by atoms with van der Waals surface area (Å²) in [5, 5.41) is 14.2. The summed E-state index contributed by atoms with van der Waals surface area (Å²) in [7, 11) is 0. The Labute approximate surface area is 202 Å². The molecule has 1 atom stereocenters. The van der Waals surface area contributed by atoms with Crippen LogP contribution in [0.15, 0.2) is 30.6 Å². The van der Waals surface area contributed by atoms with Crippen LogP contribution in [-0.2, 0) is 28.4 Å². The number of ether oxygens (including phenoxy) is 1. The second kappa shape index (κ2) is 8.65. The smallest absolute Gasteiger partial charge is 0.272 e. The number of halogens is 2. The van der Waals surface area contributed by atoms with E-state index < -0.39 is 11.5 Å². The van der Waals surface area contributed by atoms with Crippen molar-refractivity contribution in [3.05, 3.63) is 52.8 Å². The van der Waals surface area contributed by atoms with Gasteiger partial charge in [-0.05, 0) is 54.7 Å². The van der Waals surface area contributed by atoms with Crippen LogP contribution in [0.25, 0.3) is 22.2 Å². The molecule has 0 bridgehead atoms. The molecule has 5 rings (SSSR count). The molecule has 9 heteroatoms. The zero-order valence-corrected chi connectivity index (χ0v) is 20.1. The number of aromatic amines is 1. The second-order valence-corrected chi connectivity index (χ2v) is 10.0. The maximum absolute atomic E-state index is 14.1. The van der Waals surface area contributed by atoms with Crippen molar-refractivity contribution >= 4 is 16.9 Å². The van der Waals surface area contributed by atoms with Crippen molar-refractivity contribution in [2.45, 2.75) is 51.3 Å². The molecule has 1 amide bonds. The van der Waals surface area contributed by atoms with E-state index in [1.807, 2.05) is 6.07 Å². The number of amides is 1. The zero-order chi connectivity index (χ0) is 25.0. The number of rotatable bonds is 4. The summed E-state index contributed by atoms with van der Waals surface area (Å²) in [5.41, 5.74) is 3.68. The van der Waals surface area contributed by atoms with Gasteiger partial charge < -0.3 is 25.0 Å². The number of aromatic nitrogens is 2. The molecule has 2 aliphatic heterocycles. The van der Waals surface area contributed by atoms with Gasteiger partial charge in [0.05, 0.1) is 19.3 Å². The molecule has 35 heavy (non-hydrogen) atoms. The largest absolute Gasteiger partial charge is 0.381 e. The van der Waals surface area contributed by atoms with Gasteiger partial charge in [0.2, 0.25) is 0 Å². The maximum Gasteiger partial charge on any atom is 0.272 e. The van der Waals surface area contributed by atoms with E-state index in [1.165, 1.54) is 20.0 Å². The number of carbonyl (C=O) groups is 1. The van der Waals surface area contributed by atoms with Gasteiger partial charge in [0.1, 0.15) is 11.2 Å². The van der Waals surface area contributed by atoms with Crippen molar-refractivity contribution in [1.82, 2.24) is 20.2 Å². The molecular weight excluding hydrogens is 454 g/mol. The van der Waals surface area contributed by atoms with E-state index in [0.29, 0.717) is 50.3 Å². The highest BCUT2D eigenvalue weighted by Crippen LogP contribution is 2.37. The van der Waals surface area contributed by atoms with Crippen LogP contribution in [0.1, 0.15) is 49.1 Å². The first-order valence-electron chi connectivity index (χ1n) is 11.9. The van der Waals surface area contributed by atoms with Crippen LogP contribution >= 0.6 is 0 Å². The molecule has 2 aliphatic rings. The lowest BCUT2D eigenvalue weighted by molar-refractivity contribution is -0.148. The molecule has 0 radical (unpaired) electrons. The molecule has 3 aromatic rings. The number of pyridine rings is 1. The Balaban J connectivity index is 1.60.